The molecule has 7 heteroatoms. The fraction of sp³-hybridized carbons (Fsp3) is 0.435. The first-order valence-corrected chi connectivity index (χ1v) is 11.6. The zero-order chi connectivity index (χ0) is 22.5. The number of methoxy groups -OCH3 is 1. The minimum atomic E-state index is -3.87. The monoisotopic (exact) mass is 432 g/mol. The van der Waals surface area contributed by atoms with Gasteiger partial charge in [-0.05, 0) is 62.4 Å². The van der Waals surface area contributed by atoms with Crippen molar-refractivity contribution in [1.29, 1.82) is 0 Å². The van der Waals surface area contributed by atoms with Crippen LogP contribution in [0.25, 0.3) is 0 Å². The molecule has 0 heterocycles. The SMILES string of the molecule is COc1ccccc1N(C)S(=O)(=O)c1ccc(C)c(C(=O)NC(C)CCC(C)C)c1. The third kappa shape index (κ3) is 5.53. The topological polar surface area (TPSA) is 75.7 Å². The maximum atomic E-state index is 13.2. The molecular weight excluding hydrogens is 400 g/mol. The molecule has 0 spiro atoms. The van der Waals surface area contributed by atoms with Gasteiger partial charge in [0.2, 0.25) is 0 Å². The van der Waals surface area contributed by atoms with Crippen molar-refractivity contribution in [1.82, 2.24) is 5.32 Å². The number of rotatable bonds is 9. The second-order valence-corrected chi connectivity index (χ2v) is 9.94. The van der Waals surface area contributed by atoms with Crippen molar-refractivity contribution in [2.24, 2.45) is 5.92 Å². The van der Waals surface area contributed by atoms with E-state index in [1.54, 1.807) is 37.3 Å². The predicted molar refractivity (Wildman–Crippen MR) is 121 cm³/mol. The lowest BCUT2D eigenvalue weighted by Crippen LogP contribution is -2.33. The maximum absolute atomic E-state index is 13.2. The first kappa shape index (κ1) is 23.7. The number of amides is 1. The quantitative estimate of drug-likeness (QED) is 0.638. The second-order valence-electron chi connectivity index (χ2n) is 7.97. The number of aryl methyl sites for hydroxylation is 1. The van der Waals surface area contributed by atoms with Gasteiger partial charge < -0.3 is 10.1 Å². The van der Waals surface area contributed by atoms with E-state index in [0.717, 1.165) is 18.4 Å². The molecule has 6 nitrogen and oxygen atoms in total. The summed E-state index contributed by atoms with van der Waals surface area (Å²) in [6, 6.07) is 11.5. The number of hydrogen-bond acceptors (Lipinski definition) is 4. The highest BCUT2D eigenvalue weighted by Gasteiger charge is 2.25. The molecule has 1 atom stereocenters. The summed E-state index contributed by atoms with van der Waals surface area (Å²) < 4.78 is 32.9. The average molecular weight is 433 g/mol. The molecule has 0 saturated heterocycles. The lowest BCUT2D eigenvalue weighted by molar-refractivity contribution is 0.0936. The first-order valence-electron chi connectivity index (χ1n) is 10.1. The molecule has 0 aliphatic carbocycles. The van der Waals surface area contributed by atoms with Gasteiger partial charge in [-0.2, -0.15) is 0 Å². The normalized spacial score (nSPS) is 12.5. The molecule has 0 aliphatic rings. The fourth-order valence-electron chi connectivity index (χ4n) is 3.14. The van der Waals surface area contributed by atoms with Crippen LogP contribution in [-0.2, 0) is 10.0 Å². The maximum Gasteiger partial charge on any atom is 0.264 e. The van der Waals surface area contributed by atoms with Crippen LogP contribution in [0.1, 0.15) is 49.5 Å². The van der Waals surface area contributed by atoms with Crippen LogP contribution in [-0.4, -0.2) is 34.5 Å². The van der Waals surface area contributed by atoms with E-state index in [-0.39, 0.29) is 16.8 Å². The molecule has 2 aromatic rings. The summed E-state index contributed by atoms with van der Waals surface area (Å²) in [4.78, 5) is 12.9. The molecule has 0 aliphatic heterocycles. The Balaban J connectivity index is 2.31. The molecule has 2 rings (SSSR count). The molecule has 0 saturated carbocycles. The molecule has 1 unspecified atom stereocenters. The summed E-state index contributed by atoms with van der Waals surface area (Å²) in [6.45, 7) is 8.05. The van der Waals surface area contributed by atoms with Gasteiger partial charge in [-0.3, -0.25) is 9.10 Å². The number of anilines is 1. The predicted octanol–water partition coefficient (Wildman–Crippen LogP) is 4.38. The van der Waals surface area contributed by atoms with E-state index < -0.39 is 10.0 Å². The van der Waals surface area contributed by atoms with Gasteiger partial charge in [0, 0.05) is 18.7 Å². The van der Waals surface area contributed by atoms with Crippen molar-refractivity contribution in [2.45, 2.75) is 51.5 Å². The van der Waals surface area contributed by atoms with Gasteiger partial charge in [-0.25, -0.2) is 8.42 Å². The Morgan fingerprint density at radius 3 is 2.40 bits per heavy atom. The van der Waals surface area contributed by atoms with E-state index >= 15 is 0 Å². The molecule has 1 N–H and O–H groups in total. The summed E-state index contributed by atoms with van der Waals surface area (Å²) in [6.07, 6.45) is 1.88. The molecule has 0 fully saturated rings. The van der Waals surface area contributed by atoms with E-state index in [0.29, 0.717) is 22.9 Å². The van der Waals surface area contributed by atoms with Crippen molar-refractivity contribution < 1.29 is 17.9 Å². The lowest BCUT2D eigenvalue weighted by atomic mass is 10.0. The molecule has 0 aromatic heterocycles. The van der Waals surface area contributed by atoms with Crippen molar-refractivity contribution in [3.63, 3.8) is 0 Å². The van der Waals surface area contributed by atoms with Crippen LogP contribution in [0, 0.1) is 12.8 Å². The number of ether oxygens (including phenoxy) is 1. The van der Waals surface area contributed by atoms with Crippen molar-refractivity contribution >= 4 is 21.6 Å². The van der Waals surface area contributed by atoms with E-state index in [1.165, 1.54) is 30.6 Å². The Hall–Kier alpha value is -2.54. The smallest absolute Gasteiger partial charge is 0.264 e. The van der Waals surface area contributed by atoms with Gasteiger partial charge in [-0.15, -0.1) is 0 Å². The van der Waals surface area contributed by atoms with Crippen LogP contribution >= 0.6 is 0 Å². The van der Waals surface area contributed by atoms with Crippen LogP contribution in [0.3, 0.4) is 0 Å². The molecule has 2 aromatic carbocycles. The molecule has 164 valence electrons. The molecule has 30 heavy (non-hydrogen) atoms. The number of carbonyl (C=O) groups excluding carboxylic acids is 1. The van der Waals surface area contributed by atoms with Gasteiger partial charge in [0.25, 0.3) is 15.9 Å². The average Bonchev–Trinajstić information content (AvgIpc) is 2.71. The number of para-hydroxylation sites is 2. The minimum Gasteiger partial charge on any atom is -0.495 e. The zero-order valence-corrected chi connectivity index (χ0v) is 19.4. The Bertz CT molecular complexity index is 986. The van der Waals surface area contributed by atoms with Gasteiger partial charge in [0.15, 0.2) is 0 Å². The Morgan fingerprint density at radius 1 is 1.10 bits per heavy atom. The van der Waals surface area contributed by atoms with Gasteiger partial charge in [0.05, 0.1) is 17.7 Å². The highest BCUT2D eigenvalue weighted by molar-refractivity contribution is 7.92. The third-order valence-electron chi connectivity index (χ3n) is 5.09. The highest BCUT2D eigenvalue weighted by Crippen LogP contribution is 2.31. The molecule has 0 bridgehead atoms. The molecule has 1 amide bonds. The van der Waals surface area contributed by atoms with E-state index in [2.05, 4.69) is 19.2 Å². The molecular formula is C23H32N2O4S. The van der Waals surface area contributed by atoms with Crippen LogP contribution in [0.5, 0.6) is 5.75 Å². The van der Waals surface area contributed by atoms with E-state index in [9.17, 15) is 13.2 Å². The third-order valence-corrected chi connectivity index (χ3v) is 6.86. The number of nitrogens with one attached hydrogen (secondary N) is 1. The van der Waals surface area contributed by atoms with Crippen LogP contribution in [0.4, 0.5) is 5.69 Å². The summed E-state index contributed by atoms with van der Waals surface area (Å²) in [5.74, 6) is 0.749. The number of sulfonamides is 1. The second kappa shape index (κ2) is 9.98. The highest BCUT2D eigenvalue weighted by atomic mass is 32.2. The minimum absolute atomic E-state index is 0.0100. The summed E-state index contributed by atoms with van der Waals surface area (Å²) in [5, 5.41) is 2.98. The van der Waals surface area contributed by atoms with Gasteiger partial charge in [0.1, 0.15) is 5.75 Å². The Labute approximate surface area is 180 Å². The number of hydrogen-bond donors (Lipinski definition) is 1. The van der Waals surface area contributed by atoms with Crippen LogP contribution in [0.15, 0.2) is 47.4 Å². The number of nitrogens with zero attached hydrogens (tertiary/aromatic N) is 1. The zero-order valence-electron chi connectivity index (χ0n) is 18.6. The lowest BCUT2D eigenvalue weighted by Gasteiger charge is -2.22. The Kier molecular flexibility index (Phi) is 7.89. The van der Waals surface area contributed by atoms with Crippen molar-refractivity contribution in [3.05, 3.63) is 53.6 Å². The standard InChI is InChI=1S/C23H32N2O4S/c1-16(2)11-13-18(4)24-23(26)20-15-19(14-12-17(20)3)30(27,28)25(5)21-9-7-8-10-22(21)29-6/h7-10,12,14-16,18H,11,13H2,1-6H3,(H,24,26). The van der Waals surface area contributed by atoms with Crippen molar-refractivity contribution in [3.8, 4) is 5.75 Å². The van der Waals surface area contributed by atoms with Gasteiger partial charge >= 0.3 is 0 Å². The summed E-state index contributed by atoms with van der Waals surface area (Å²) >= 11 is 0. The summed E-state index contributed by atoms with van der Waals surface area (Å²) in [5.41, 5.74) is 1.51. The van der Waals surface area contributed by atoms with Crippen molar-refractivity contribution in [2.75, 3.05) is 18.5 Å². The summed E-state index contributed by atoms with van der Waals surface area (Å²) in [7, 11) is -0.907. The van der Waals surface area contributed by atoms with Crippen LogP contribution in [0.2, 0.25) is 0 Å². The largest absolute Gasteiger partial charge is 0.495 e. The van der Waals surface area contributed by atoms with Gasteiger partial charge in [-0.1, -0.05) is 32.0 Å². The first-order chi connectivity index (χ1) is 14.1. The van der Waals surface area contributed by atoms with E-state index in [1.807, 2.05) is 6.92 Å². The fourth-order valence-corrected chi connectivity index (χ4v) is 4.37. The van der Waals surface area contributed by atoms with E-state index in [4.69, 9.17) is 4.74 Å². The van der Waals surface area contributed by atoms with Crippen LogP contribution < -0.4 is 14.4 Å². The number of carbonyl (C=O) groups is 1. The molecule has 0 radical (unpaired) electrons. The Morgan fingerprint density at radius 2 is 1.77 bits per heavy atom. The number of benzene rings is 2.